The summed E-state index contributed by atoms with van der Waals surface area (Å²) in [4.78, 5) is 29.7. The van der Waals surface area contributed by atoms with Gasteiger partial charge in [-0.05, 0) is 36.6 Å². The molecule has 0 N–H and O–H groups in total. The first-order valence-corrected chi connectivity index (χ1v) is 8.31. The van der Waals surface area contributed by atoms with Gasteiger partial charge in [-0.15, -0.1) is 0 Å². The molecule has 130 valence electrons. The van der Waals surface area contributed by atoms with Gasteiger partial charge in [0.25, 0.3) is 11.6 Å². The van der Waals surface area contributed by atoms with Crippen molar-refractivity contribution in [3.8, 4) is 5.69 Å². The van der Waals surface area contributed by atoms with Crippen molar-refractivity contribution in [1.29, 1.82) is 0 Å². The van der Waals surface area contributed by atoms with Gasteiger partial charge in [-0.1, -0.05) is 18.2 Å². The largest absolute Gasteiger partial charge is 0.308 e. The lowest BCUT2D eigenvalue weighted by molar-refractivity contribution is -0.384. The van der Waals surface area contributed by atoms with Crippen molar-refractivity contribution in [1.82, 2.24) is 9.55 Å². The number of imidazole rings is 1. The van der Waals surface area contributed by atoms with Crippen LogP contribution in [0.5, 0.6) is 0 Å². The smallest absolute Gasteiger partial charge is 0.294 e. The van der Waals surface area contributed by atoms with Crippen molar-refractivity contribution in [2.75, 3.05) is 11.4 Å². The molecule has 7 nitrogen and oxygen atoms in total. The normalized spacial score (nSPS) is 13.3. The van der Waals surface area contributed by atoms with Gasteiger partial charge in [0.2, 0.25) is 0 Å². The van der Waals surface area contributed by atoms with Gasteiger partial charge in [0.05, 0.1) is 11.3 Å². The second-order valence-corrected chi connectivity index (χ2v) is 6.12. The maximum Gasteiger partial charge on any atom is 0.294 e. The summed E-state index contributed by atoms with van der Waals surface area (Å²) in [7, 11) is 0. The van der Waals surface area contributed by atoms with Crippen molar-refractivity contribution in [2.24, 2.45) is 0 Å². The fourth-order valence-corrected chi connectivity index (χ4v) is 3.32. The molecule has 0 unspecified atom stereocenters. The molecule has 0 saturated heterocycles. The second-order valence-electron chi connectivity index (χ2n) is 6.12. The van der Waals surface area contributed by atoms with Crippen molar-refractivity contribution in [3.05, 3.63) is 82.4 Å². The average molecular weight is 348 g/mol. The Morgan fingerprint density at radius 3 is 2.77 bits per heavy atom. The standard InChI is InChI=1S/C19H16N4O3/c24-19(22-10-3-5-14-4-1-2-6-16(14)22)15-7-8-17(18(12-15)23(25)26)21-11-9-20-13-21/h1-2,4,6-9,11-13H,3,5,10H2. The fourth-order valence-electron chi connectivity index (χ4n) is 3.32. The first-order valence-electron chi connectivity index (χ1n) is 8.31. The Labute approximate surface area is 149 Å². The number of amides is 1. The number of anilines is 1. The van der Waals surface area contributed by atoms with Crippen LogP contribution >= 0.6 is 0 Å². The molecular weight excluding hydrogens is 332 g/mol. The summed E-state index contributed by atoms with van der Waals surface area (Å²) >= 11 is 0. The number of carbonyl (C=O) groups excluding carboxylic acids is 1. The van der Waals surface area contributed by atoms with Crippen LogP contribution in [0.1, 0.15) is 22.3 Å². The van der Waals surface area contributed by atoms with E-state index in [1.54, 1.807) is 34.0 Å². The highest BCUT2D eigenvalue weighted by Gasteiger charge is 2.26. The zero-order chi connectivity index (χ0) is 18.1. The Balaban J connectivity index is 1.74. The third-order valence-electron chi connectivity index (χ3n) is 4.56. The summed E-state index contributed by atoms with van der Waals surface area (Å²) in [6, 6.07) is 12.3. The number of hydrogen-bond acceptors (Lipinski definition) is 4. The molecule has 1 aromatic heterocycles. The van der Waals surface area contributed by atoms with Crippen molar-refractivity contribution >= 4 is 17.3 Å². The van der Waals surface area contributed by atoms with E-state index in [0.29, 0.717) is 17.8 Å². The molecular formula is C19H16N4O3. The lowest BCUT2D eigenvalue weighted by atomic mass is 10.0. The van der Waals surface area contributed by atoms with E-state index >= 15 is 0 Å². The number of aromatic nitrogens is 2. The number of rotatable bonds is 3. The van der Waals surface area contributed by atoms with Gasteiger partial charge in [0.1, 0.15) is 5.69 Å². The van der Waals surface area contributed by atoms with E-state index < -0.39 is 4.92 Å². The quantitative estimate of drug-likeness (QED) is 0.537. The third kappa shape index (κ3) is 2.73. The highest BCUT2D eigenvalue weighted by molar-refractivity contribution is 6.07. The number of nitrogens with zero attached hydrogens (tertiary/aromatic N) is 4. The Bertz CT molecular complexity index is 982. The molecule has 0 saturated carbocycles. The van der Waals surface area contributed by atoms with E-state index in [0.717, 1.165) is 24.1 Å². The number of para-hydroxylation sites is 1. The molecule has 0 radical (unpaired) electrons. The van der Waals surface area contributed by atoms with E-state index in [-0.39, 0.29) is 11.6 Å². The van der Waals surface area contributed by atoms with Crippen LogP contribution in [0.4, 0.5) is 11.4 Å². The molecule has 1 aliphatic heterocycles. The van der Waals surface area contributed by atoms with Gasteiger partial charge in [0, 0.05) is 36.3 Å². The van der Waals surface area contributed by atoms with Crippen molar-refractivity contribution < 1.29 is 9.72 Å². The van der Waals surface area contributed by atoms with Gasteiger partial charge >= 0.3 is 0 Å². The summed E-state index contributed by atoms with van der Waals surface area (Å²) in [5, 5.41) is 11.5. The van der Waals surface area contributed by atoms with Crippen LogP contribution in [0.15, 0.2) is 61.2 Å². The van der Waals surface area contributed by atoms with Gasteiger partial charge < -0.3 is 9.47 Å². The van der Waals surface area contributed by atoms with E-state index in [4.69, 9.17) is 0 Å². The number of hydrogen-bond donors (Lipinski definition) is 0. The lowest BCUT2D eigenvalue weighted by Crippen LogP contribution is -2.35. The zero-order valence-corrected chi connectivity index (χ0v) is 13.9. The molecule has 0 aliphatic carbocycles. The Kier molecular flexibility index (Phi) is 3.96. The Hall–Kier alpha value is -3.48. The van der Waals surface area contributed by atoms with Crippen LogP contribution in [-0.2, 0) is 6.42 Å². The van der Waals surface area contributed by atoms with Crippen molar-refractivity contribution in [2.45, 2.75) is 12.8 Å². The number of fused-ring (bicyclic) bond motifs is 1. The Morgan fingerprint density at radius 1 is 1.15 bits per heavy atom. The first-order chi connectivity index (χ1) is 12.6. The summed E-state index contributed by atoms with van der Waals surface area (Å²) in [6.07, 6.45) is 6.47. The molecule has 7 heteroatoms. The molecule has 26 heavy (non-hydrogen) atoms. The monoisotopic (exact) mass is 348 g/mol. The summed E-state index contributed by atoms with van der Waals surface area (Å²) in [5.41, 5.74) is 2.56. The van der Waals surface area contributed by atoms with E-state index in [1.807, 2.05) is 24.3 Å². The molecule has 1 amide bonds. The SMILES string of the molecule is O=C(c1ccc(-n2ccnc2)c([N+](=O)[O-])c1)N1CCCc2ccccc21. The van der Waals surface area contributed by atoms with Crippen molar-refractivity contribution in [3.63, 3.8) is 0 Å². The number of aryl methyl sites for hydroxylation is 1. The summed E-state index contributed by atoms with van der Waals surface area (Å²) in [5.74, 6) is -0.225. The van der Waals surface area contributed by atoms with E-state index in [2.05, 4.69) is 4.98 Å². The van der Waals surface area contributed by atoms with Gasteiger partial charge in [0.15, 0.2) is 0 Å². The highest BCUT2D eigenvalue weighted by Crippen LogP contribution is 2.30. The van der Waals surface area contributed by atoms with Gasteiger partial charge in [-0.2, -0.15) is 0 Å². The second kappa shape index (κ2) is 6.44. The maximum absolute atomic E-state index is 13.0. The number of nitro benzene ring substituents is 1. The number of nitro groups is 1. The van der Waals surface area contributed by atoms with Crippen LogP contribution in [0, 0.1) is 10.1 Å². The van der Waals surface area contributed by atoms with Gasteiger partial charge in [-0.25, -0.2) is 4.98 Å². The highest BCUT2D eigenvalue weighted by atomic mass is 16.6. The Morgan fingerprint density at radius 2 is 2.00 bits per heavy atom. The minimum atomic E-state index is -0.476. The van der Waals surface area contributed by atoms with Crippen LogP contribution in [0.2, 0.25) is 0 Å². The predicted molar refractivity (Wildman–Crippen MR) is 96.7 cm³/mol. The average Bonchev–Trinajstić information content (AvgIpc) is 3.21. The lowest BCUT2D eigenvalue weighted by Gasteiger charge is -2.29. The number of carbonyl (C=O) groups is 1. The molecule has 0 atom stereocenters. The minimum Gasteiger partial charge on any atom is -0.308 e. The zero-order valence-electron chi connectivity index (χ0n) is 13.9. The first kappa shape index (κ1) is 16.0. The van der Waals surface area contributed by atoms with Crippen LogP contribution in [0.3, 0.4) is 0 Å². The molecule has 0 spiro atoms. The topological polar surface area (TPSA) is 81.3 Å². The molecule has 4 rings (SSSR count). The van der Waals surface area contributed by atoms with Gasteiger partial charge in [-0.3, -0.25) is 14.9 Å². The van der Waals surface area contributed by atoms with E-state index in [1.165, 1.54) is 12.4 Å². The molecule has 0 bridgehead atoms. The number of benzene rings is 2. The summed E-state index contributed by atoms with van der Waals surface area (Å²) in [6.45, 7) is 0.604. The fraction of sp³-hybridized carbons (Fsp3) is 0.158. The third-order valence-corrected chi connectivity index (χ3v) is 4.56. The molecule has 2 aromatic carbocycles. The maximum atomic E-state index is 13.0. The van der Waals surface area contributed by atoms with Crippen LogP contribution in [-0.4, -0.2) is 26.9 Å². The summed E-state index contributed by atoms with van der Waals surface area (Å²) < 4.78 is 1.56. The molecule has 1 aliphatic rings. The molecule has 3 aromatic rings. The minimum absolute atomic E-state index is 0.126. The van der Waals surface area contributed by atoms with Crippen LogP contribution in [0.25, 0.3) is 5.69 Å². The van der Waals surface area contributed by atoms with E-state index in [9.17, 15) is 14.9 Å². The van der Waals surface area contributed by atoms with Crippen LogP contribution < -0.4 is 4.90 Å². The molecule has 0 fully saturated rings. The molecule has 2 heterocycles. The predicted octanol–water partition coefficient (Wildman–Crippen LogP) is 3.37.